The number of carbonyl (C=O) groups excluding carboxylic acids is 1. The Hall–Kier alpha value is -1.16. The SMILES string of the molecule is CC1(C=O)CCC2(C(=O)O)CCC3(C)C(=CCC4C5(C)CCC(O)C(C)(C)C5CCC43C)C2C1. The summed E-state index contributed by atoms with van der Waals surface area (Å²) in [6.07, 6.45) is 12.2. The van der Waals surface area contributed by atoms with E-state index in [-0.39, 0.29) is 33.7 Å². The topological polar surface area (TPSA) is 74.6 Å². The van der Waals surface area contributed by atoms with Crippen molar-refractivity contribution in [3.63, 3.8) is 0 Å². The Morgan fingerprint density at radius 3 is 2.26 bits per heavy atom. The molecule has 0 saturated heterocycles. The number of carboxylic acid groups (broad SMARTS) is 1. The number of hydrogen-bond acceptors (Lipinski definition) is 3. The average molecular weight is 471 g/mol. The minimum atomic E-state index is -0.713. The molecule has 9 unspecified atom stereocenters. The van der Waals surface area contributed by atoms with E-state index < -0.39 is 16.8 Å². The highest BCUT2D eigenvalue weighted by Crippen LogP contribution is 2.75. The van der Waals surface area contributed by atoms with E-state index in [1.54, 1.807) is 0 Å². The number of hydrogen-bond donors (Lipinski definition) is 2. The van der Waals surface area contributed by atoms with Crippen molar-refractivity contribution >= 4 is 12.3 Å². The number of carbonyl (C=O) groups is 2. The van der Waals surface area contributed by atoms with Gasteiger partial charge in [0.15, 0.2) is 0 Å². The molecule has 0 radical (unpaired) electrons. The number of fused-ring (bicyclic) bond motifs is 7. The molecule has 0 aromatic heterocycles. The number of allylic oxidation sites excluding steroid dienone is 2. The summed E-state index contributed by atoms with van der Waals surface area (Å²) in [4.78, 5) is 24.8. The molecule has 4 nitrogen and oxygen atoms in total. The molecular weight excluding hydrogens is 424 g/mol. The van der Waals surface area contributed by atoms with Crippen LogP contribution in [0.3, 0.4) is 0 Å². The van der Waals surface area contributed by atoms with Crippen LogP contribution in [0, 0.1) is 50.2 Å². The molecule has 0 aromatic rings. The summed E-state index contributed by atoms with van der Waals surface area (Å²) in [5, 5.41) is 21.4. The van der Waals surface area contributed by atoms with Crippen LogP contribution in [0.25, 0.3) is 0 Å². The van der Waals surface area contributed by atoms with E-state index in [1.165, 1.54) is 5.57 Å². The van der Waals surface area contributed by atoms with Gasteiger partial charge in [0.05, 0.1) is 11.5 Å². The summed E-state index contributed by atoms with van der Waals surface area (Å²) >= 11 is 0. The molecular formula is C30H46O4. The van der Waals surface area contributed by atoms with Gasteiger partial charge in [-0.1, -0.05) is 53.2 Å². The van der Waals surface area contributed by atoms with Gasteiger partial charge >= 0.3 is 5.97 Å². The predicted octanol–water partition coefficient (Wildman–Crippen LogP) is 6.41. The summed E-state index contributed by atoms with van der Waals surface area (Å²) < 4.78 is 0. The molecule has 0 aromatic carbocycles. The van der Waals surface area contributed by atoms with E-state index in [0.717, 1.165) is 51.2 Å². The smallest absolute Gasteiger partial charge is 0.310 e. The van der Waals surface area contributed by atoms with Gasteiger partial charge in [0.25, 0.3) is 0 Å². The lowest BCUT2D eigenvalue weighted by Crippen LogP contribution is -2.65. The number of rotatable bonds is 2. The van der Waals surface area contributed by atoms with Gasteiger partial charge in [0.1, 0.15) is 6.29 Å². The third-order valence-electron chi connectivity index (χ3n) is 13.1. The fraction of sp³-hybridized carbons (Fsp3) is 0.867. The zero-order chi connectivity index (χ0) is 24.9. The molecule has 5 aliphatic rings. The van der Waals surface area contributed by atoms with E-state index in [2.05, 4.69) is 40.7 Å². The third kappa shape index (κ3) is 2.81. The van der Waals surface area contributed by atoms with Gasteiger partial charge in [0, 0.05) is 5.41 Å². The first-order chi connectivity index (χ1) is 15.7. The predicted molar refractivity (Wildman–Crippen MR) is 133 cm³/mol. The minimum Gasteiger partial charge on any atom is -0.481 e. The quantitative estimate of drug-likeness (QED) is 0.361. The fourth-order valence-electron chi connectivity index (χ4n) is 10.6. The lowest BCUT2D eigenvalue weighted by atomic mass is 9.33. The van der Waals surface area contributed by atoms with Crippen LogP contribution < -0.4 is 0 Å². The molecule has 0 aliphatic heterocycles. The van der Waals surface area contributed by atoms with E-state index in [4.69, 9.17) is 0 Å². The van der Waals surface area contributed by atoms with Gasteiger partial charge in [-0.15, -0.1) is 0 Å². The van der Waals surface area contributed by atoms with Crippen molar-refractivity contribution < 1.29 is 19.8 Å². The van der Waals surface area contributed by atoms with Gasteiger partial charge in [-0.05, 0) is 104 Å². The number of carboxylic acids is 1. The Morgan fingerprint density at radius 1 is 0.941 bits per heavy atom. The fourth-order valence-corrected chi connectivity index (χ4v) is 10.6. The van der Waals surface area contributed by atoms with Crippen LogP contribution >= 0.6 is 0 Å². The second kappa shape index (κ2) is 7.20. The summed E-state index contributed by atoms with van der Waals surface area (Å²) in [6.45, 7) is 14.0. The Kier molecular flexibility index (Phi) is 5.20. The lowest BCUT2D eigenvalue weighted by Gasteiger charge is -2.71. The number of aldehydes is 1. The summed E-state index contributed by atoms with van der Waals surface area (Å²) in [5.41, 5.74) is 0.424. The van der Waals surface area contributed by atoms with Crippen molar-refractivity contribution in [1.29, 1.82) is 0 Å². The van der Waals surface area contributed by atoms with Crippen molar-refractivity contribution in [2.75, 3.05) is 0 Å². The molecule has 4 heteroatoms. The molecule has 0 bridgehead atoms. The molecule has 190 valence electrons. The lowest BCUT2D eigenvalue weighted by molar-refractivity contribution is -0.205. The van der Waals surface area contributed by atoms with Crippen LogP contribution in [0.4, 0.5) is 0 Å². The molecule has 0 spiro atoms. The van der Waals surface area contributed by atoms with Crippen LogP contribution in [0.1, 0.15) is 106 Å². The van der Waals surface area contributed by atoms with E-state index in [0.29, 0.717) is 31.1 Å². The highest BCUT2D eigenvalue weighted by atomic mass is 16.4. The van der Waals surface area contributed by atoms with Crippen LogP contribution in [0.15, 0.2) is 11.6 Å². The zero-order valence-corrected chi connectivity index (χ0v) is 22.2. The first-order valence-corrected chi connectivity index (χ1v) is 13.8. The second-order valence-electron chi connectivity index (χ2n) is 14.7. The maximum atomic E-state index is 12.8. The molecule has 4 saturated carbocycles. The van der Waals surface area contributed by atoms with Gasteiger partial charge in [0.2, 0.25) is 0 Å². The molecule has 0 amide bonds. The molecule has 5 aliphatic carbocycles. The standard InChI is InChI=1S/C30H46O4/c1-25(2)21-9-12-29(6)22(27(21,4)11-10-23(25)32)8-7-19-20-17-26(3,18-31)13-15-30(20,24(33)34)16-14-28(19,29)5/h7,18,20-23,32H,8-17H2,1-6H3,(H,33,34). The average Bonchev–Trinajstić information content (AvgIpc) is 2.77. The Morgan fingerprint density at radius 2 is 1.62 bits per heavy atom. The largest absolute Gasteiger partial charge is 0.481 e. The number of aliphatic carboxylic acids is 1. The van der Waals surface area contributed by atoms with E-state index >= 15 is 0 Å². The maximum absolute atomic E-state index is 12.8. The Bertz CT molecular complexity index is 936. The minimum absolute atomic E-state index is 0.0329. The van der Waals surface area contributed by atoms with Crippen molar-refractivity contribution in [2.45, 2.75) is 112 Å². The monoisotopic (exact) mass is 470 g/mol. The second-order valence-corrected chi connectivity index (χ2v) is 14.7. The van der Waals surface area contributed by atoms with Crippen molar-refractivity contribution in [3.05, 3.63) is 11.6 Å². The molecule has 2 N–H and O–H groups in total. The van der Waals surface area contributed by atoms with E-state index in [1.807, 2.05) is 6.92 Å². The summed E-state index contributed by atoms with van der Waals surface area (Å²) in [6, 6.07) is 0. The Balaban J connectivity index is 1.60. The number of aliphatic hydroxyl groups excluding tert-OH is 1. The highest BCUT2D eigenvalue weighted by Gasteiger charge is 2.69. The first-order valence-electron chi connectivity index (χ1n) is 13.8. The van der Waals surface area contributed by atoms with Crippen LogP contribution in [-0.4, -0.2) is 28.6 Å². The third-order valence-corrected chi connectivity index (χ3v) is 13.1. The molecule has 34 heavy (non-hydrogen) atoms. The van der Waals surface area contributed by atoms with Crippen molar-refractivity contribution in [1.82, 2.24) is 0 Å². The van der Waals surface area contributed by atoms with Crippen molar-refractivity contribution in [3.8, 4) is 0 Å². The highest BCUT2D eigenvalue weighted by molar-refractivity contribution is 5.77. The number of aliphatic hydroxyl groups is 1. The van der Waals surface area contributed by atoms with Gasteiger partial charge in [-0.25, -0.2) is 0 Å². The van der Waals surface area contributed by atoms with E-state index in [9.17, 15) is 19.8 Å². The zero-order valence-electron chi connectivity index (χ0n) is 22.2. The van der Waals surface area contributed by atoms with Crippen LogP contribution in [-0.2, 0) is 9.59 Å². The summed E-state index contributed by atoms with van der Waals surface area (Å²) in [7, 11) is 0. The molecule has 4 fully saturated rings. The molecule has 9 atom stereocenters. The van der Waals surface area contributed by atoms with Crippen LogP contribution in [0.5, 0.6) is 0 Å². The molecule has 0 heterocycles. The van der Waals surface area contributed by atoms with Crippen LogP contribution in [0.2, 0.25) is 0 Å². The van der Waals surface area contributed by atoms with Gasteiger partial charge < -0.3 is 15.0 Å². The Labute approximate surface area is 206 Å². The first kappa shape index (κ1) is 24.5. The normalized spacial score (nSPS) is 53.9. The maximum Gasteiger partial charge on any atom is 0.310 e. The van der Waals surface area contributed by atoms with Crippen molar-refractivity contribution in [2.24, 2.45) is 50.2 Å². The van der Waals surface area contributed by atoms with Gasteiger partial charge in [-0.2, -0.15) is 0 Å². The summed E-state index contributed by atoms with van der Waals surface area (Å²) in [5.74, 6) is 0.354. The van der Waals surface area contributed by atoms with Gasteiger partial charge in [-0.3, -0.25) is 4.79 Å². The molecule has 5 rings (SSSR count).